The van der Waals surface area contributed by atoms with Crippen LogP contribution in [0.15, 0.2) is 48.5 Å². The second kappa shape index (κ2) is 7.67. The first-order valence-corrected chi connectivity index (χ1v) is 5.96. The van der Waals surface area contributed by atoms with E-state index in [2.05, 4.69) is 5.73 Å². The van der Waals surface area contributed by atoms with E-state index in [-0.39, 0.29) is 12.4 Å². The van der Waals surface area contributed by atoms with Crippen molar-refractivity contribution in [3.8, 4) is 11.5 Å². The molecular formula is C15H18ClNO2. The van der Waals surface area contributed by atoms with Crippen molar-refractivity contribution in [2.24, 2.45) is 0 Å². The number of halogens is 1. The van der Waals surface area contributed by atoms with Crippen LogP contribution in [0.3, 0.4) is 0 Å². The third kappa shape index (κ3) is 4.47. The minimum absolute atomic E-state index is 0. The van der Waals surface area contributed by atoms with Crippen molar-refractivity contribution in [1.82, 2.24) is 0 Å². The summed E-state index contributed by atoms with van der Waals surface area (Å²) >= 11 is 0. The molecule has 3 N–H and O–H groups in total. The van der Waals surface area contributed by atoms with E-state index in [1.54, 1.807) is 7.11 Å². The van der Waals surface area contributed by atoms with Crippen LogP contribution in [0.5, 0.6) is 11.5 Å². The number of methoxy groups -OCH3 is 1. The van der Waals surface area contributed by atoms with Crippen LogP contribution in [0.4, 0.5) is 0 Å². The van der Waals surface area contributed by atoms with Gasteiger partial charge in [-0.2, -0.15) is 0 Å². The lowest BCUT2D eigenvalue weighted by Crippen LogP contribution is -3.00. The first-order chi connectivity index (χ1) is 8.81. The largest absolute Gasteiger partial charge is 1.00 e. The van der Waals surface area contributed by atoms with Crippen LogP contribution in [0.1, 0.15) is 11.1 Å². The zero-order chi connectivity index (χ0) is 12.8. The summed E-state index contributed by atoms with van der Waals surface area (Å²) in [6.07, 6.45) is 0. The van der Waals surface area contributed by atoms with Gasteiger partial charge in [0, 0.05) is 5.56 Å². The van der Waals surface area contributed by atoms with Crippen LogP contribution in [-0.2, 0) is 13.2 Å². The van der Waals surface area contributed by atoms with E-state index >= 15 is 0 Å². The molecule has 0 aliphatic heterocycles. The fourth-order valence-electron chi connectivity index (χ4n) is 1.64. The van der Waals surface area contributed by atoms with Gasteiger partial charge >= 0.3 is 0 Å². The number of benzene rings is 2. The molecule has 0 amide bonds. The van der Waals surface area contributed by atoms with Gasteiger partial charge < -0.3 is 27.6 Å². The van der Waals surface area contributed by atoms with E-state index in [0.29, 0.717) is 6.61 Å². The third-order valence-electron chi connectivity index (χ3n) is 2.78. The van der Waals surface area contributed by atoms with E-state index in [4.69, 9.17) is 9.47 Å². The van der Waals surface area contributed by atoms with Crippen molar-refractivity contribution in [3.63, 3.8) is 0 Å². The second-order valence-electron chi connectivity index (χ2n) is 4.03. The van der Waals surface area contributed by atoms with E-state index in [0.717, 1.165) is 23.6 Å². The number of hydrogen-bond donors (Lipinski definition) is 1. The molecule has 2 aromatic rings. The third-order valence-corrected chi connectivity index (χ3v) is 2.78. The SMILES string of the molecule is COc1ccc(COc2ccc(C[NH3+])cc2)cc1.[Cl-]. The van der Waals surface area contributed by atoms with Gasteiger partial charge in [0.05, 0.1) is 13.7 Å². The highest BCUT2D eigenvalue weighted by molar-refractivity contribution is 5.29. The Kier molecular flexibility index (Phi) is 6.19. The number of rotatable bonds is 5. The summed E-state index contributed by atoms with van der Waals surface area (Å²) in [4.78, 5) is 0. The van der Waals surface area contributed by atoms with Gasteiger partial charge in [-0.3, -0.25) is 0 Å². The lowest BCUT2D eigenvalue weighted by atomic mass is 10.2. The highest BCUT2D eigenvalue weighted by atomic mass is 35.5. The molecular weight excluding hydrogens is 262 g/mol. The standard InChI is InChI=1S/C15H17NO2.ClH/c1-17-14-6-4-13(5-7-14)11-18-15-8-2-12(10-16)3-9-15;/h2-9H,10-11,16H2,1H3;1H. The molecule has 0 aliphatic carbocycles. The maximum Gasteiger partial charge on any atom is 0.119 e. The molecule has 4 heteroatoms. The molecule has 0 bridgehead atoms. The Hall–Kier alpha value is -1.71. The molecule has 102 valence electrons. The highest BCUT2D eigenvalue weighted by Gasteiger charge is 1.98. The molecule has 3 nitrogen and oxygen atoms in total. The zero-order valence-corrected chi connectivity index (χ0v) is 11.7. The van der Waals surface area contributed by atoms with Crippen LogP contribution in [0.25, 0.3) is 0 Å². The fourth-order valence-corrected chi connectivity index (χ4v) is 1.64. The van der Waals surface area contributed by atoms with Gasteiger partial charge in [-0.15, -0.1) is 0 Å². The molecule has 0 aromatic heterocycles. The maximum absolute atomic E-state index is 5.70. The van der Waals surface area contributed by atoms with E-state index in [1.807, 2.05) is 48.5 Å². The van der Waals surface area contributed by atoms with Gasteiger partial charge in [0.1, 0.15) is 18.1 Å². The highest BCUT2D eigenvalue weighted by Crippen LogP contribution is 2.16. The predicted molar refractivity (Wildman–Crippen MR) is 70.4 cm³/mol. The molecule has 0 unspecified atom stereocenters. The molecule has 0 saturated heterocycles. The van der Waals surface area contributed by atoms with Crippen LogP contribution < -0.4 is 27.6 Å². The fraction of sp³-hybridized carbons (Fsp3) is 0.200. The van der Waals surface area contributed by atoms with Crippen molar-refractivity contribution in [3.05, 3.63) is 59.7 Å². The molecule has 0 atom stereocenters. The van der Waals surface area contributed by atoms with Crippen molar-refractivity contribution in [1.29, 1.82) is 0 Å². The van der Waals surface area contributed by atoms with Crippen molar-refractivity contribution in [2.45, 2.75) is 13.2 Å². The molecule has 0 fully saturated rings. The van der Waals surface area contributed by atoms with Gasteiger partial charge in [0.25, 0.3) is 0 Å². The van der Waals surface area contributed by atoms with Crippen molar-refractivity contribution >= 4 is 0 Å². The van der Waals surface area contributed by atoms with Crippen molar-refractivity contribution < 1.29 is 27.6 Å². The Morgan fingerprint density at radius 1 is 0.842 bits per heavy atom. The van der Waals surface area contributed by atoms with Gasteiger partial charge in [0.15, 0.2) is 0 Å². The Morgan fingerprint density at radius 3 is 1.89 bits per heavy atom. The van der Waals surface area contributed by atoms with E-state index < -0.39 is 0 Å². The molecule has 0 radical (unpaired) electrons. The Balaban J connectivity index is 0.00000180. The number of ether oxygens (including phenoxy) is 2. The lowest BCUT2D eigenvalue weighted by molar-refractivity contribution is -0.386. The molecule has 19 heavy (non-hydrogen) atoms. The van der Waals surface area contributed by atoms with Gasteiger partial charge in [-0.1, -0.05) is 12.1 Å². The van der Waals surface area contributed by atoms with Gasteiger partial charge in [-0.05, 0) is 42.0 Å². The summed E-state index contributed by atoms with van der Waals surface area (Å²) in [5.41, 5.74) is 6.18. The summed E-state index contributed by atoms with van der Waals surface area (Å²) < 4.78 is 10.8. The van der Waals surface area contributed by atoms with Gasteiger partial charge in [-0.25, -0.2) is 0 Å². The molecule has 2 rings (SSSR count). The molecule has 0 saturated carbocycles. The second-order valence-corrected chi connectivity index (χ2v) is 4.03. The summed E-state index contributed by atoms with van der Waals surface area (Å²) in [6.45, 7) is 1.37. The predicted octanol–water partition coefficient (Wildman–Crippen LogP) is -0.980. The summed E-state index contributed by atoms with van der Waals surface area (Å²) in [5.74, 6) is 1.74. The first kappa shape index (κ1) is 15.3. The van der Waals surface area contributed by atoms with Crippen LogP contribution in [0.2, 0.25) is 0 Å². The van der Waals surface area contributed by atoms with Crippen molar-refractivity contribution in [2.75, 3.05) is 7.11 Å². The molecule has 0 spiro atoms. The summed E-state index contributed by atoms with van der Waals surface area (Å²) in [7, 11) is 1.66. The number of quaternary nitrogens is 1. The lowest BCUT2D eigenvalue weighted by Gasteiger charge is -2.07. The average molecular weight is 280 g/mol. The Morgan fingerprint density at radius 2 is 1.37 bits per heavy atom. The normalized spacial score (nSPS) is 9.58. The summed E-state index contributed by atoms with van der Waals surface area (Å²) in [6, 6.07) is 15.9. The quantitative estimate of drug-likeness (QED) is 0.765. The van der Waals surface area contributed by atoms with E-state index in [1.165, 1.54) is 5.56 Å². The Labute approximate surface area is 119 Å². The topological polar surface area (TPSA) is 46.1 Å². The summed E-state index contributed by atoms with van der Waals surface area (Å²) in [5, 5.41) is 0. The maximum atomic E-state index is 5.70. The van der Waals surface area contributed by atoms with Crippen LogP contribution in [-0.4, -0.2) is 7.11 Å². The first-order valence-electron chi connectivity index (χ1n) is 5.96. The molecule has 2 aromatic carbocycles. The molecule has 0 heterocycles. The Bertz CT molecular complexity index is 435. The van der Waals surface area contributed by atoms with E-state index in [9.17, 15) is 0 Å². The smallest absolute Gasteiger partial charge is 0.119 e. The van der Waals surface area contributed by atoms with Crippen LogP contribution in [0, 0.1) is 0 Å². The average Bonchev–Trinajstić information content (AvgIpc) is 2.46. The monoisotopic (exact) mass is 279 g/mol. The minimum Gasteiger partial charge on any atom is -1.00 e. The van der Waals surface area contributed by atoms with Gasteiger partial charge in [0.2, 0.25) is 0 Å². The molecule has 0 aliphatic rings. The minimum atomic E-state index is 0. The zero-order valence-electron chi connectivity index (χ0n) is 10.9. The number of hydrogen-bond acceptors (Lipinski definition) is 2. The van der Waals surface area contributed by atoms with Crippen LogP contribution >= 0.6 is 0 Å².